The number of hydrogen-bond acceptors (Lipinski definition) is 4. The van der Waals surface area contributed by atoms with Crippen molar-refractivity contribution in [2.24, 2.45) is 0 Å². The first-order valence-electron chi connectivity index (χ1n) is 8.52. The number of benzene rings is 1. The highest BCUT2D eigenvalue weighted by Gasteiger charge is 2.34. The third-order valence-corrected chi connectivity index (χ3v) is 4.82. The van der Waals surface area contributed by atoms with Crippen LogP contribution >= 0.6 is 0 Å². The SMILES string of the molecule is CN(C)c1ccccc1CN1CCCC1C(=O)N1CCOCC1. The van der Waals surface area contributed by atoms with Crippen LogP contribution < -0.4 is 4.90 Å². The Kier molecular flexibility index (Phi) is 5.18. The standard InChI is InChI=1S/C18H27N3O2/c1-19(2)16-7-4-3-6-15(16)14-21-9-5-8-17(21)18(22)20-10-12-23-13-11-20/h3-4,6-7,17H,5,8-14H2,1-2H3. The van der Waals surface area contributed by atoms with Crippen LogP contribution in [0.25, 0.3) is 0 Å². The number of morpholine rings is 1. The van der Waals surface area contributed by atoms with Crippen LogP contribution in [0, 0.1) is 0 Å². The minimum absolute atomic E-state index is 0.0309. The summed E-state index contributed by atoms with van der Waals surface area (Å²) >= 11 is 0. The molecule has 1 amide bonds. The highest BCUT2D eigenvalue weighted by molar-refractivity contribution is 5.82. The largest absolute Gasteiger partial charge is 0.378 e. The maximum Gasteiger partial charge on any atom is 0.240 e. The molecule has 1 atom stereocenters. The minimum atomic E-state index is 0.0309. The van der Waals surface area contributed by atoms with Crippen LogP contribution in [0.4, 0.5) is 5.69 Å². The molecule has 1 unspecified atom stereocenters. The maximum absolute atomic E-state index is 12.8. The third-order valence-electron chi connectivity index (χ3n) is 4.82. The van der Waals surface area contributed by atoms with Gasteiger partial charge in [-0.15, -0.1) is 0 Å². The number of anilines is 1. The van der Waals surface area contributed by atoms with E-state index in [9.17, 15) is 4.79 Å². The molecule has 5 nitrogen and oxygen atoms in total. The van der Waals surface area contributed by atoms with Crippen LogP contribution in [0.3, 0.4) is 0 Å². The molecular formula is C18H27N3O2. The molecule has 0 bridgehead atoms. The first-order valence-corrected chi connectivity index (χ1v) is 8.52. The molecule has 23 heavy (non-hydrogen) atoms. The van der Waals surface area contributed by atoms with Gasteiger partial charge in [0.25, 0.3) is 0 Å². The number of ether oxygens (including phenoxy) is 1. The Labute approximate surface area is 138 Å². The molecule has 2 aliphatic rings. The highest BCUT2D eigenvalue weighted by atomic mass is 16.5. The summed E-state index contributed by atoms with van der Waals surface area (Å²) < 4.78 is 5.36. The van der Waals surface area contributed by atoms with E-state index < -0.39 is 0 Å². The molecule has 0 aliphatic carbocycles. The van der Waals surface area contributed by atoms with Crippen molar-refractivity contribution >= 4 is 11.6 Å². The van der Waals surface area contributed by atoms with Gasteiger partial charge in [0.15, 0.2) is 0 Å². The van der Waals surface area contributed by atoms with Gasteiger partial charge in [0.05, 0.1) is 19.3 Å². The smallest absolute Gasteiger partial charge is 0.240 e. The third kappa shape index (κ3) is 3.67. The lowest BCUT2D eigenvalue weighted by Gasteiger charge is -2.33. The number of amides is 1. The Morgan fingerprint density at radius 3 is 2.70 bits per heavy atom. The summed E-state index contributed by atoms with van der Waals surface area (Å²) in [5, 5.41) is 0. The molecule has 0 N–H and O–H groups in total. The van der Waals surface area contributed by atoms with Crippen LogP contribution in [-0.4, -0.2) is 68.7 Å². The Morgan fingerprint density at radius 1 is 1.22 bits per heavy atom. The van der Waals surface area contributed by atoms with Gasteiger partial charge in [-0.25, -0.2) is 0 Å². The van der Waals surface area contributed by atoms with Crippen molar-refractivity contribution < 1.29 is 9.53 Å². The Balaban J connectivity index is 1.71. The lowest BCUT2D eigenvalue weighted by atomic mass is 10.1. The van der Waals surface area contributed by atoms with Crippen LogP contribution in [-0.2, 0) is 16.1 Å². The molecule has 0 radical (unpaired) electrons. The van der Waals surface area contributed by atoms with E-state index in [1.54, 1.807) is 0 Å². The average Bonchev–Trinajstić information content (AvgIpc) is 3.03. The quantitative estimate of drug-likeness (QED) is 0.845. The number of carbonyl (C=O) groups excluding carboxylic acids is 1. The van der Waals surface area contributed by atoms with E-state index in [1.165, 1.54) is 11.3 Å². The summed E-state index contributed by atoms with van der Waals surface area (Å²) in [6.45, 7) is 4.65. The molecule has 2 saturated heterocycles. The fraction of sp³-hybridized carbons (Fsp3) is 0.611. The summed E-state index contributed by atoms with van der Waals surface area (Å²) in [5.41, 5.74) is 2.52. The van der Waals surface area contributed by atoms with Gasteiger partial charge in [0.1, 0.15) is 0 Å². The second-order valence-electron chi connectivity index (χ2n) is 6.59. The van der Waals surface area contributed by atoms with Crippen LogP contribution in [0.1, 0.15) is 18.4 Å². The number of likely N-dealkylation sites (tertiary alicyclic amines) is 1. The van der Waals surface area contributed by atoms with Crippen LogP contribution in [0.15, 0.2) is 24.3 Å². The molecular weight excluding hydrogens is 290 g/mol. The van der Waals surface area contributed by atoms with Gasteiger partial charge < -0.3 is 14.5 Å². The van der Waals surface area contributed by atoms with Crippen molar-refractivity contribution in [1.82, 2.24) is 9.80 Å². The molecule has 2 aliphatic heterocycles. The van der Waals surface area contributed by atoms with Crippen LogP contribution in [0.5, 0.6) is 0 Å². The molecule has 0 aromatic heterocycles. The van der Waals surface area contributed by atoms with Gasteiger partial charge in [-0.2, -0.15) is 0 Å². The van der Waals surface area contributed by atoms with Crippen molar-refractivity contribution in [2.45, 2.75) is 25.4 Å². The molecule has 1 aromatic rings. The monoisotopic (exact) mass is 317 g/mol. The average molecular weight is 317 g/mol. The summed E-state index contributed by atoms with van der Waals surface area (Å²) in [6.07, 6.45) is 2.07. The lowest BCUT2D eigenvalue weighted by molar-refractivity contribution is -0.140. The fourth-order valence-electron chi connectivity index (χ4n) is 3.59. The zero-order chi connectivity index (χ0) is 16.2. The van der Waals surface area contributed by atoms with Crippen molar-refractivity contribution in [3.05, 3.63) is 29.8 Å². The van der Waals surface area contributed by atoms with E-state index in [0.29, 0.717) is 13.2 Å². The van der Waals surface area contributed by atoms with Gasteiger partial charge in [-0.05, 0) is 31.0 Å². The number of para-hydroxylation sites is 1. The summed E-state index contributed by atoms with van der Waals surface area (Å²) in [6, 6.07) is 8.49. The van der Waals surface area contributed by atoms with Gasteiger partial charge in [0.2, 0.25) is 5.91 Å². The van der Waals surface area contributed by atoms with Gasteiger partial charge >= 0.3 is 0 Å². The van der Waals surface area contributed by atoms with Crippen molar-refractivity contribution in [1.29, 1.82) is 0 Å². The maximum atomic E-state index is 12.8. The Bertz CT molecular complexity index is 541. The second-order valence-corrected chi connectivity index (χ2v) is 6.59. The molecule has 5 heteroatoms. The number of carbonyl (C=O) groups is 1. The van der Waals surface area contributed by atoms with Crippen molar-refractivity contribution in [3.8, 4) is 0 Å². The Hall–Kier alpha value is -1.59. The molecule has 126 valence electrons. The van der Waals surface area contributed by atoms with Gasteiger partial charge in [0, 0.05) is 39.4 Å². The molecule has 3 rings (SSSR count). The van der Waals surface area contributed by atoms with E-state index in [0.717, 1.165) is 39.0 Å². The number of nitrogens with zero attached hydrogens (tertiary/aromatic N) is 3. The fourth-order valence-corrected chi connectivity index (χ4v) is 3.59. The molecule has 2 fully saturated rings. The normalized spacial score (nSPS) is 22.3. The first kappa shape index (κ1) is 16.3. The lowest BCUT2D eigenvalue weighted by Crippen LogP contribution is -2.49. The predicted octanol–water partition coefficient (Wildman–Crippen LogP) is 1.58. The van der Waals surface area contributed by atoms with E-state index in [1.807, 2.05) is 4.90 Å². The second kappa shape index (κ2) is 7.32. The van der Waals surface area contributed by atoms with Crippen molar-refractivity contribution in [2.75, 3.05) is 51.8 Å². The summed E-state index contributed by atoms with van der Waals surface area (Å²) in [4.78, 5) is 19.3. The van der Waals surface area contributed by atoms with Gasteiger partial charge in [-0.3, -0.25) is 9.69 Å². The zero-order valence-electron chi connectivity index (χ0n) is 14.2. The topological polar surface area (TPSA) is 36.0 Å². The minimum Gasteiger partial charge on any atom is -0.378 e. The Morgan fingerprint density at radius 2 is 1.96 bits per heavy atom. The number of rotatable bonds is 4. The van der Waals surface area contributed by atoms with Gasteiger partial charge in [-0.1, -0.05) is 18.2 Å². The molecule has 2 heterocycles. The number of hydrogen-bond donors (Lipinski definition) is 0. The molecule has 0 saturated carbocycles. The predicted molar refractivity (Wildman–Crippen MR) is 91.6 cm³/mol. The summed E-state index contributed by atoms with van der Waals surface area (Å²) in [5.74, 6) is 0.285. The van der Waals surface area contributed by atoms with Crippen LogP contribution in [0.2, 0.25) is 0 Å². The zero-order valence-corrected chi connectivity index (χ0v) is 14.2. The van der Waals surface area contributed by atoms with E-state index in [2.05, 4.69) is 48.2 Å². The van der Waals surface area contributed by atoms with Crippen molar-refractivity contribution in [3.63, 3.8) is 0 Å². The summed E-state index contributed by atoms with van der Waals surface area (Å²) in [7, 11) is 4.14. The van der Waals surface area contributed by atoms with E-state index >= 15 is 0 Å². The van der Waals surface area contributed by atoms with E-state index in [-0.39, 0.29) is 11.9 Å². The first-order chi connectivity index (χ1) is 11.2. The highest BCUT2D eigenvalue weighted by Crippen LogP contribution is 2.26. The van der Waals surface area contributed by atoms with E-state index in [4.69, 9.17) is 4.74 Å². The molecule has 0 spiro atoms. The molecule has 1 aromatic carbocycles.